The molecular formula is C17H21N5O. The second kappa shape index (κ2) is 6.50. The smallest absolute Gasteiger partial charge is 0.195 e. The van der Waals surface area contributed by atoms with Crippen LogP contribution in [0.2, 0.25) is 0 Å². The Morgan fingerprint density at radius 1 is 1.26 bits per heavy atom. The largest absolute Gasteiger partial charge is 0.441 e. The Kier molecular flexibility index (Phi) is 4.06. The molecule has 6 heteroatoms. The Bertz CT molecular complexity index is 718. The lowest BCUT2D eigenvalue weighted by molar-refractivity contribution is 0.223. The number of rotatable bonds is 6. The Morgan fingerprint density at radius 3 is 3.09 bits per heavy atom. The molecule has 1 aromatic carbocycles. The topological polar surface area (TPSA) is 60.0 Å². The van der Waals surface area contributed by atoms with Crippen molar-refractivity contribution < 1.29 is 4.42 Å². The van der Waals surface area contributed by atoms with Gasteiger partial charge in [-0.25, -0.2) is 9.97 Å². The predicted octanol–water partition coefficient (Wildman–Crippen LogP) is 2.52. The molecule has 3 heterocycles. The monoisotopic (exact) mass is 311 g/mol. The van der Waals surface area contributed by atoms with E-state index in [9.17, 15) is 0 Å². The lowest BCUT2D eigenvalue weighted by atomic mass is 10.2. The number of benzene rings is 1. The molecule has 2 aromatic heterocycles. The highest BCUT2D eigenvalue weighted by molar-refractivity contribution is 5.72. The third kappa shape index (κ3) is 3.27. The third-order valence-corrected chi connectivity index (χ3v) is 4.54. The van der Waals surface area contributed by atoms with E-state index in [1.807, 2.05) is 28.9 Å². The molecule has 0 bridgehead atoms. The molecule has 1 atom stereocenters. The molecule has 120 valence electrons. The van der Waals surface area contributed by atoms with Crippen LogP contribution in [0.15, 0.2) is 41.3 Å². The highest BCUT2D eigenvalue weighted by Gasteiger charge is 2.24. The van der Waals surface area contributed by atoms with Crippen LogP contribution in [0.25, 0.3) is 11.1 Å². The maximum Gasteiger partial charge on any atom is 0.195 e. The van der Waals surface area contributed by atoms with Gasteiger partial charge in [-0.15, -0.1) is 0 Å². The minimum Gasteiger partial charge on any atom is -0.441 e. The summed E-state index contributed by atoms with van der Waals surface area (Å²) in [6.07, 6.45) is 7.87. The lowest BCUT2D eigenvalue weighted by Gasteiger charge is -2.23. The van der Waals surface area contributed by atoms with E-state index in [2.05, 4.69) is 20.0 Å². The zero-order chi connectivity index (χ0) is 15.5. The van der Waals surface area contributed by atoms with Crippen molar-refractivity contribution in [1.29, 1.82) is 0 Å². The van der Waals surface area contributed by atoms with Crippen LogP contribution in [0.5, 0.6) is 0 Å². The molecule has 4 rings (SSSR count). The van der Waals surface area contributed by atoms with Crippen LogP contribution in [-0.4, -0.2) is 43.8 Å². The molecule has 0 aliphatic carbocycles. The molecule has 6 nitrogen and oxygen atoms in total. The van der Waals surface area contributed by atoms with Crippen LogP contribution in [0.4, 0.5) is 0 Å². The summed E-state index contributed by atoms with van der Waals surface area (Å²) in [6, 6.07) is 8.52. The minimum absolute atomic E-state index is 0.570. The third-order valence-electron chi connectivity index (χ3n) is 4.54. The number of nitrogens with zero attached hydrogens (tertiary/aromatic N) is 5. The van der Waals surface area contributed by atoms with Gasteiger partial charge in [-0.3, -0.25) is 9.58 Å². The zero-order valence-electron chi connectivity index (χ0n) is 13.1. The standard InChI is InChI=1S/C17H21N5O/c1-2-7-16-15(6-1)20-17(23-16)8-4-10-21-9-3-5-14(21)11-22-13-18-12-19-22/h1-2,6-7,12-14H,3-5,8-11H2/t14-/m0/s1. The fourth-order valence-corrected chi connectivity index (χ4v) is 3.40. The van der Waals surface area contributed by atoms with Crippen molar-refractivity contribution in [3.63, 3.8) is 0 Å². The van der Waals surface area contributed by atoms with E-state index in [0.717, 1.165) is 42.9 Å². The molecule has 1 fully saturated rings. The van der Waals surface area contributed by atoms with Gasteiger partial charge in [0.25, 0.3) is 0 Å². The Hall–Kier alpha value is -2.21. The van der Waals surface area contributed by atoms with Crippen molar-refractivity contribution >= 4 is 11.1 Å². The van der Waals surface area contributed by atoms with E-state index in [0.29, 0.717) is 6.04 Å². The highest BCUT2D eigenvalue weighted by Crippen LogP contribution is 2.20. The van der Waals surface area contributed by atoms with Crippen LogP contribution in [0.3, 0.4) is 0 Å². The van der Waals surface area contributed by atoms with E-state index in [-0.39, 0.29) is 0 Å². The van der Waals surface area contributed by atoms with Gasteiger partial charge in [-0.1, -0.05) is 12.1 Å². The van der Waals surface area contributed by atoms with Crippen LogP contribution in [0, 0.1) is 0 Å². The average Bonchev–Trinajstić information content (AvgIpc) is 3.29. The first-order chi connectivity index (χ1) is 11.4. The summed E-state index contributed by atoms with van der Waals surface area (Å²) in [7, 11) is 0. The summed E-state index contributed by atoms with van der Waals surface area (Å²) in [5, 5.41) is 4.22. The van der Waals surface area contributed by atoms with E-state index < -0.39 is 0 Å². The van der Waals surface area contributed by atoms with Gasteiger partial charge in [0.15, 0.2) is 11.5 Å². The first-order valence-electron chi connectivity index (χ1n) is 8.29. The normalized spacial score (nSPS) is 18.9. The number of hydrogen-bond acceptors (Lipinski definition) is 5. The van der Waals surface area contributed by atoms with Gasteiger partial charge in [0.1, 0.15) is 18.2 Å². The quantitative estimate of drug-likeness (QED) is 0.700. The molecular weight excluding hydrogens is 290 g/mol. The van der Waals surface area contributed by atoms with Gasteiger partial charge in [0.2, 0.25) is 0 Å². The van der Waals surface area contributed by atoms with Gasteiger partial charge in [-0.05, 0) is 44.5 Å². The van der Waals surface area contributed by atoms with Crippen molar-refractivity contribution in [2.45, 2.75) is 38.3 Å². The van der Waals surface area contributed by atoms with E-state index in [4.69, 9.17) is 4.42 Å². The molecule has 0 amide bonds. The van der Waals surface area contributed by atoms with Gasteiger partial charge in [0, 0.05) is 12.5 Å². The molecule has 1 saturated heterocycles. The minimum atomic E-state index is 0.570. The second-order valence-corrected chi connectivity index (χ2v) is 6.13. The number of para-hydroxylation sites is 2. The lowest BCUT2D eigenvalue weighted by Crippen LogP contribution is -2.34. The van der Waals surface area contributed by atoms with Crippen molar-refractivity contribution in [1.82, 2.24) is 24.6 Å². The van der Waals surface area contributed by atoms with Gasteiger partial charge in [0.05, 0.1) is 6.54 Å². The van der Waals surface area contributed by atoms with E-state index in [1.165, 1.54) is 19.4 Å². The Balaban J connectivity index is 1.31. The molecule has 1 aliphatic rings. The summed E-state index contributed by atoms with van der Waals surface area (Å²) < 4.78 is 7.73. The van der Waals surface area contributed by atoms with Crippen molar-refractivity contribution in [2.24, 2.45) is 0 Å². The van der Waals surface area contributed by atoms with Crippen molar-refractivity contribution in [3.05, 3.63) is 42.8 Å². The van der Waals surface area contributed by atoms with Gasteiger partial charge >= 0.3 is 0 Å². The fraction of sp³-hybridized carbons (Fsp3) is 0.471. The summed E-state index contributed by atoms with van der Waals surface area (Å²) in [4.78, 5) is 11.1. The molecule has 0 radical (unpaired) electrons. The molecule has 3 aromatic rings. The highest BCUT2D eigenvalue weighted by atomic mass is 16.3. The maximum atomic E-state index is 5.79. The van der Waals surface area contributed by atoms with Crippen LogP contribution in [-0.2, 0) is 13.0 Å². The van der Waals surface area contributed by atoms with Crippen LogP contribution >= 0.6 is 0 Å². The van der Waals surface area contributed by atoms with E-state index in [1.54, 1.807) is 12.7 Å². The number of oxazole rings is 1. The SMILES string of the molecule is c1ccc2oc(CCCN3CCC[C@H]3Cn3cncn3)nc2c1. The van der Waals surface area contributed by atoms with Gasteiger partial charge in [-0.2, -0.15) is 5.10 Å². The Labute approximate surface area is 135 Å². The number of likely N-dealkylation sites (tertiary alicyclic amines) is 1. The van der Waals surface area contributed by atoms with Crippen molar-refractivity contribution in [2.75, 3.05) is 13.1 Å². The summed E-state index contributed by atoms with van der Waals surface area (Å²) in [5.74, 6) is 0.846. The molecule has 0 unspecified atom stereocenters. The van der Waals surface area contributed by atoms with Gasteiger partial charge < -0.3 is 4.42 Å². The number of hydrogen-bond donors (Lipinski definition) is 0. The molecule has 0 N–H and O–H groups in total. The molecule has 0 saturated carbocycles. The Morgan fingerprint density at radius 2 is 2.22 bits per heavy atom. The van der Waals surface area contributed by atoms with Crippen LogP contribution < -0.4 is 0 Å². The summed E-state index contributed by atoms with van der Waals surface area (Å²) >= 11 is 0. The van der Waals surface area contributed by atoms with E-state index >= 15 is 0 Å². The zero-order valence-corrected chi connectivity index (χ0v) is 13.1. The van der Waals surface area contributed by atoms with Crippen LogP contribution in [0.1, 0.15) is 25.2 Å². The predicted molar refractivity (Wildman–Crippen MR) is 86.9 cm³/mol. The first-order valence-corrected chi connectivity index (χ1v) is 8.29. The second-order valence-electron chi connectivity index (χ2n) is 6.13. The molecule has 1 aliphatic heterocycles. The first kappa shape index (κ1) is 14.4. The maximum absolute atomic E-state index is 5.79. The number of aryl methyl sites for hydroxylation is 1. The fourth-order valence-electron chi connectivity index (χ4n) is 3.40. The number of fused-ring (bicyclic) bond motifs is 1. The van der Waals surface area contributed by atoms with Crippen molar-refractivity contribution in [3.8, 4) is 0 Å². The summed E-state index contributed by atoms with van der Waals surface area (Å²) in [6.45, 7) is 3.19. The number of aromatic nitrogens is 4. The average molecular weight is 311 g/mol. The molecule has 0 spiro atoms. The molecule has 23 heavy (non-hydrogen) atoms. The summed E-state index contributed by atoms with van der Waals surface area (Å²) in [5.41, 5.74) is 1.83.